The van der Waals surface area contributed by atoms with Crippen molar-refractivity contribution < 1.29 is 23.9 Å². The molecule has 0 saturated carbocycles. The number of hydrogen-bond donors (Lipinski definition) is 0. The number of imide groups is 1. The smallest absolute Gasteiger partial charge is 0.343 e. The standard InChI is InChI=1S/C23H18BrClN2O5S/c24-17-11-14(3-8-18(17)32-22(30)15-4-6-16(25)7-5-15)12-19-21(29)27(23(31)33-19)13-20(28)26-9-1-2-10-26/h3-8,11-12H,1-2,9-10,13H2/b19-12-. The maximum Gasteiger partial charge on any atom is 0.343 e. The van der Waals surface area contributed by atoms with Gasteiger partial charge in [0.15, 0.2) is 0 Å². The van der Waals surface area contributed by atoms with Crippen molar-refractivity contribution in [3.05, 3.63) is 68.0 Å². The number of likely N-dealkylation sites (tertiary alicyclic amines) is 1. The van der Waals surface area contributed by atoms with E-state index in [0.29, 0.717) is 39.5 Å². The van der Waals surface area contributed by atoms with Gasteiger partial charge in [-0.1, -0.05) is 17.7 Å². The van der Waals surface area contributed by atoms with E-state index < -0.39 is 17.1 Å². The van der Waals surface area contributed by atoms with E-state index in [4.69, 9.17) is 16.3 Å². The number of amides is 3. The number of nitrogens with zero attached hydrogens (tertiary/aromatic N) is 2. The van der Waals surface area contributed by atoms with Gasteiger partial charge in [-0.25, -0.2) is 4.79 Å². The van der Waals surface area contributed by atoms with E-state index >= 15 is 0 Å². The lowest BCUT2D eigenvalue weighted by Gasteiger charge is -2.18. The minimum absolute atomic E-state index is 0.217. The van der Waals surface area contributed by atoms with Gasteiger partial charge in [0.25, 0.3) is 11.1 Å². The van der Waals surface area contributed by atoms with E-state index in [1.165, 1.54) is 0 Å². The fourth-order valence-corrected chi connectivity index (χ4v) is 4.87. The van der Waals surface area contributed by atoms with Gasteiger partial charge in [0.05, 0.1) is 14.9 Å². The summed E-state index contributed by atoms with van der Waals surface area (Å²) in [5, 5.41) is 0.0493. The normalized spacial score (nSPS) is 17.2. The maximum absolute atomic E-state index is 12.7. The van der Waals surface area contributed by atoms with Gasteiger partial charge < -0.3 is 9.64 Å². The molecule has 0 aliphatic carbocycles. The monoisotopic (exact) mass is 548 g/mol. The predicted molar refractivity (Wildman–Crippen MR) is 129 cm³/mol. The minimum Gasteiger partial charge on any atom is -0.422 e. The molecule has 10 heteroatoms. The van der Waals surface area contributed by atoms with Crippen molar-refractivity contribution >= 4 is 68.4 Å². The Morgan fingerprint density at radius 2 is 1.79 bits per heavy atom. The average Bonchev–Trinajstić information content (AvgIpc) is 3.41. The van der Waals surface area contributed by atoms with Gasteiger partial charge in [-0.05, 0) is 88.6 Å². The maximum atomic E-state index is 12.7. The summed E-state index contributed by atoms with van der Waals surface area (Å²) < 4.78 is 5.92. The van der Waals surface area contributed by atoms with Crippen LogP contribution in [0.25, 0.3) is 6.08 Å². The van der Waals surface area contributed by atoms with Crippen molar-refractivity contribution in [2.45, 2.75) is 12.8 Å². The molecule has 0 radical (unpaired) electrons. The first-order valence-electron chi connectivity index (χ1n) is 10.1. The Bertz CT molecular complexity index is 1160. The van der Waals surface area contributed by atoms with Gasteiger partial charge in [-0.3, -0.25) is 19.3 Å². The van der Waals surface area contributed by atoms with Crippen LogP contribution in [0.2, 0.25) is 5.02 Å². The fourth-order valence-electron chi connectivity index (χ4n) is 3.42. The molecule has 2 aromatic rings. The molecule has 4 rings (SSSR count). The first kappa shape index (κ1) is 23.5. The first-order valence-corrected chi connectivity index (χ1v) is 12.1. The van der Waals surface area contributed by atoms with Crippen molar-refractivity contribution in [1.82, 2.24) is 9.80 Å². The van der Waals surface area contributed by atoms with Crippen LogP contribution in [0.4, 0.5) is 4.79 Å². The summed E-state index contributed by atoms with van der Waals surface area (Å²) in [6, 6.07) is 11.3. The molecule has 2 aromatic carbocycles. The van der Waals surface area contributed by atoms with Gasteiger partial charge in [-0.15, -0.1) is 0 Å². The van der Waals surface area contributed by atoms with E-state index in [2.05, 4.69) is 15.9 Å². The summed E-state index contributed by atoms with van der Waals surface area (Å²) in [4.78, 5) is 52.6. The van der Waals surface area contributed by atoms with Crippen LogP contribution < -0.4 is 4.74 Å². The van der Waals surface area contributed by atoms with Crippen LogP contribution in [0.3, 0.4) is 0 Å². The Balaban J connectivity index is 1.44. The number of halogens is 2. The molecule has 0 atom stereocenters. The van der Waals surface area contributed by atoms with Crippen LogP contribution in [0.15, 0.2) is 51.8 Å². The van der Waals surface area contributed by atoms with E-state index in [1.54, 1.807) is 53.4 Å². The number of carbonyl (C=O) groups excluding carboxylic acids is 4. The van der Waals surface area contributed by atoms with E-state index in [9.17, 15) is 19.2 Å². The molecule has 2 aliphatic rings. The molecule has 0 N–H and O–H groups in total. The highest BCUT2D eigenvalue weighted by atomic mass is 79.9. The molecule has 33 heavy (non-hydrogen) atoms. The number of hydrogen-bond acceptors (Lipinski definition) is 6. The predicted octanol–water partition coefficient (Wildman–Crippen LogP) is 4.98. The van der Waals surface area contributed by atoms with Crippen molar-refractivity contribution in [2.24, 2.45) is 0 Å². The largest absolute Gasteiger partial charge is 0.422 e. The molecule has 0 spiro atoms. The molecule has 2 fully saturated rings. The second-order valence-corrected chi connectivity index (χ2v) is 9.73. The Kier molecular flexibility index (Phi) is 7.21. The molecule has 2 aliphatic heterocycles. The summed E-state index contributed by atoms with van der Waals surface area (Å²) in [5.74, 6) is -0.946. The molecule has 170 valence electrons. The van der Waals surface area contributed by atoms with Gasteiger partial charge in [0.2, 0.25) is 5.91 Å². The Morgan fingerprint density at radius 1 is 1.09 bits per heavy atom. The summed E-state index contributed by atoms with van der Waals surface area (Å²) in [5.41, 5.74) is 0.983. The Hall–Kier alpha value is -2.62. The highest BCUT2D eigenvalue weighted by molar-refractivity contribution is 9.10. The van der Waals surface area contributed by atoms with E-state index in [0.717, 1.165) is 29.5 Å². The molecule has 3 amide bonds. The summed E-state index contributed by atoms with van der Waals surface area (Å²) in [6.07, 6.45) is 3.45. The highest BCUT2D eigenvalue weighted by Crippen LogP contribution is 2.34. The topological polar surface area (TPSA) is 84.0 Å². The SMILES string of the molecule is O=C(Oc1ccc(/C=C2\SC(=O)N(CC(=O)N3CCCC3)C2=O)cc1Br)c1ccc(Cl)cc1. The van der Waals surface area contributed by atoms with E-state index in [-0.39, 0.29) is 17.4 Å². The van der Waals surface area contributed by atoms with Crippen molar-refractivity contribution in [3.8, 4) is 5.75 Å². The van der Waals surface area contributed by atoms with Gasteiger partial charge in [-0.2, -0.15) is 0 Å². The van der Waals surface area contributed by atoms with E-state index in [1.807, 2.05) is 0 Å². The second-order valence-electron chi connectivity index (χ2n) is 7.44. The Morgan fingerprint density at radius 3 is 2.45 bits per heavy atom. The van der Waals surface area contributed by atoms with Crippen LogP contribution >= 0.6 is 39.3 Å². The number of esters is 1. The van der Waals surface area contributed by atoms with Crippen LogP contribution in [0.1, 0.15) is 28.8 Å². The molecule has 0 aromatic heterocycles. The molecule has 2 heterocycles. The lowest BCUT2D eigenvalue weighted by molar-refractivity contribution is -0.135. The molecule has 7 nitrogen and oxygen atoms in total. The minimum atomic E-state index is -0.538. The number of thioether (sulfide) groups is 1. The zero-order valence-electron chi connectivity index (χ0n) is 17.3. The number of ether oxygens (including phenoxy) is 1. The van der Waals surface area contributed by atoms with Gasteiger partial charge >= 0.3 is 5.97 Å². The fraction of sp³-hybridized carbons (Fsp3) is 0.217. The molecular formula is C23H18BrClN2O5S. The number of rotatable bonds is 5. The summed E-state index contributed by atoms with van der Waals surface area (Å²) in [7, 11) is 0. The highest BCUT2D eigenvalue weighted by Gasteiger charge is 2.37. The molecule has 0 unspecified atom stereocenters. The third kappa shape index (κ3) is 5.48. The third-order valence-corrected chi connectivity index (χ3v) is 6.94. The van der Waals surface area contributed by atoms with Gasteiger partial charge in [0, 0.05) is 18.1 Å². The van der Waals surface area contributed by atoms with Crippen LogP contribution in [-0.4, -0.2) is 52.5 Å². The first-order chi connectivity index (χ1) is 15.8. The van der Waals surface area contributed by atoms with Crippen LogP contribution in [-0.2, 0) is 9.59 Å². The lowest BCUT2D eigenvalue weighted by Crippen LogP contribution is -2.40. The van der Waals surface area contributed by atoms with Crippen molar-refractivity contribution in [2.75, 3.05) is 19.6 Å². The molecular weight excluding hydrogens is 532 g/mol. The number of benzene rings is 2. The zero-order chi connectivity index (χ0) is 23.5. The van der Waals surface area contributed by atoms with Crippen molar-refractivity contribution in [3.63, 3.8) is 0 Å². The van der Waals surface area contributed by atoms with Gasteiger partial charge in [0.1, 0.15) is 12.3 Å². The molecule has 2 saturated heterocycles. The van der Waals surface area contributed by atoms with Crippen LogP contribution in [0, 0.1) is 0 Å². The Labute approximate surface area is 207 Å². The molecule has 0 bridgehead atoms. The quantitative estimate of drug-likeness (QED) is 0.297. The number of carbonyl (C=O) groups is 4. The van der Waals surface area contributed by atoms with Crippen LogP contribution in [0.5, 0.6) is 5.75 Å². The zero-order valence-corrected chi connectivity index (χ0v) is 20.4. The lowest BCUT2D eigenvalue weighted by atomic mass is 10.2. The third-order valence-electron chi connectivity index (χ3n) is 5.16. The summed E-state index contributed by atoms with van der Waals surface area (Å²) >= 11 is 10.0. The second kappa shape index (κ2) is 10.1. The average molecular weight is 550 g/mol. The van der Waals surface area contributed by atoms with Crippen molar-refractivity contribution in [1.29, 1.82) is 0 Å². The summed E-state index contributed by atoms with van der Waals surface area (Å²) in [6.45, 7) is 1.08.